The maximum Gasteiger partial charge on any atom is 0.186 e. The smallest absolute Gasteiger partial charge is 0.186 e. The summed E-state index contributed by atoms with van der Waals surface area (Å²) in [6.07, 6.45) is -1.21. The largest absolute Gasteiger partial charge is 0.339 e. The van der Waals surface area contributed by atoms with Crippen molar-refractivity contribution in [2.24, 2.45) is 0 Å². The zero-order valence-corrected chi connectivity index (χ0v) is 18.6. The van der Waals surface area contributed by atoms with Crippen molar-refractivity contribution in [3.8, 4) is 11.1 Å². The fourth-order valence-corrected chi connectivity index (χ4v) is 4.93. The molecule has 2 heterocycles. The normalized spacial score (nSPS) is 23.8. The first-order valence-electron chi connectivity index (χ1n) is 16.6. The molecule has 1 aromatic heterocycles. The predicted molar refractivity (Wildman–Crippen MR) is 135 cm³/mol. The van der Waals surface area contributed by atoms with Gasteiger partial charge in [-0.1, -0.05) is 66.5 Å². The molecule has 0 N–H and O–H groups in total. The van der Waals surface area contributed by atoms with Crippen molar-refractivity contribution < 1.29 is 27.3 Å². The molecule has 0 bridgehead atoms. The van der Waals surface area contributed by atoms with E-state index < -0.39 is 95.6 Å². The lowest BCUT2D eigenvalue weighted by Gasteiger charge is -2.30. The van der Waals surface area contributed by atoms with Crippen LogP contribution in [0.4, 0.5) is 0 Å². The summed E-state index contributed by atoms with van der Waals surface area (Å²) in [7, 11) is 0. The zero-order chi connectivity index (χ0) is 33.4. The van der Waals surface area contributed by atoms with E-state index in [0.717, 1.165) is 11.3 Å². The minimum atomic E-state index is -1.21. The fourth-order valence-electron chi connectivity index (χ4n) is 3.75. The summed E-state index contributed by atoms with van der Waals surface area (Å²) in [5.74, 6) is 0. The molecule has 160 valence electrons. The number of hydrogen-bond donors (Lipinski definition) is 0. The van der Waals surface area contributed by atoms with Gasteiger partial charge in [0.15, 0.2) is 6.29 Å². The molecule has 3 heteroatoms. The third kappa shape index (κ3) is 2.92. The van der Waals surface area contributed by atoms with E-state index in [0.29, 0.717) is 0 Å². The molecule has 0 saturated carbocycles. The second kappa shape index (κ2) is 6.89. The van der Waals surface area contributed by atoms with Crippen molar-refractivity contribution in [3.05, 3.63) is 84.1 Å². The summed E-state index contributed by atoms with van der Waals surface area (Å²) in [6.45, 7) is 7.22. The summed E-state index contributed by atoms with van der Waals surface area (Å²) in [5.41, 5.74) is -2.40. The summed E-state index contributed by atoms with van der Waals surface area (Å²) >= 11 is 0.905. The van der Waals surface area contributed by atoms with Crippen LogP contribution in [0.2, 0.25) is 0 Å². The first-order chi connectivity index (χ1) is 20.8. The lowest BCUT2D eigenvalue weighted by molar-refractivity contribution is -0.0884. The van der Waals surface area contributed by atoms with Crippen LogP contribution in [0, 0.1) is 0 Å². The van der Waals surface area contributed by atoms with Crippen LogP contribution in [-0.2, 0) is 9.47 Å². The van der Waals surface area contributed by atoms with Gasteiger partial charge in [-0.05, 0) is 61.7 Å². The quantitative estimate of drug-likeness (QED) is 0.268. The Balaban J connectivity index is 1.87. The maximum absolute atomic E-state index is 9.27. The highest BCUT2D eigenvalue weighted by molar-refractivity contribution is 7.26. The highest BCUT2D eigenvalue weighted by Crippen LogP contribution is 2.50. The maximum atomic E-state index is 9.27. The van der Waals surface area contributed by atoms with E-state index in [2.05, 4.69) is 0 Å². The molecule has 1 saturated heterocycles. The van der Waals surface area contributed by atoms with E-state index in [-0.39, 0.29) is 48.1 Å². The predicted octanol–water partition coefficient (Wildman–Crippen LogP) is 8.48. The van der Waals surface area contributed by atoms with Gasteiger partial charge in [0.1, 0.15) is 0 Å². The molecule has 0 spiro atoms. The Hall–Kier alpha value is -2.72. The number of benzene rings is 4. The second-order valence-electron chi connectivity index (χ2n) is 8.64. The molecule has 0 aliphatic carbocycles. The van der Waals surface area contributed by atoms with E-state index in [1.54, 1.807) is 27.7 Å². The third-order valence-electron chi connectivity index (χ3n) is 6.14. The van der Waals surface area contributed by atoms with Gasteiger partial charge in [-0.2, -0.15) is 0 Å². The van der Waals surface area contributed by atoms with Crippen molar-refractivity contribution in [2.75, 3.05) is 0 Å². The Morgan fingerprint density at radius 2 is 1.44 bits per heavy atom. The second-order valence-corrected chi connectivity index (χ2v) is 9.66. The van der Waals surface area contributed by atoms with Gasteiger partial charge in [0, 0.05) is 25.7 Å². The van der Waals surface area contributed by atoms with Crippen molar-refractivity contribution in [2.45, 2.75) is 45.2 Å². The standard InChI is InChI=1S/C29H26O2S/c1-28(2)29(3,4)31-27(30-28)23-16-20-12-8-9-13-21(20)26-25(23)22-15-14-19(17-24(22)32-26)18-10-6-5-7-11-18/h5-17,27H,1-4H3/i5D,6D,7D,8D,9D,10D,11D,12D,13D,14D,15D,16D,17D. The molecule has 1 aliphatic rings. The number of fused-ring (bicyclic) bond motifs is 5. The molecule has 0 radical (unpaired) electrons. The van der Waals surface area contributed by atoms with Crippen LogP contribution in [-0.4, -0.2) is 11.2 Å². The van der Waals surface area contributed by atoms with Crippen molar-refractivity contribution in [1.29, 1.82) is 0 Å². The van der Waals surface area contributed by atoms with Gasteiger partial charge in [0.25, 0.3) is 0 Å². The van der Waals surface area contributed by atoms with Gasteiger partial charge in [0.2, 0.25) is 0 Å². The number of hydrogen-bond acceptors (Lipinski definition) is 3. The highest BCUT2D eigenvalue weighted by Gasteiger charge is 2.50. The Morgan fingerprint density at radius 3 is 2.19 bits per heavy atom. The molecule has 0 unspecified atom stereocenters. The molecule has 2 nitrogen and oxygen atoms in total. The zero-order valence-electron chi connectivity index (χ0n) is 30.8. The van der Waals surface area contributed by atoms with Gasteiger partial charge in [-0.15, -0.1) is 11.3 Å². The van der Waals surface area contributed by atoms with E-state index in [1.807, 2.05) is 0 Å². The molecule has 6 rings (SSSR count). The van der Waals surface area contributed by atoms with Crippen LogP contribution in [0.3, 0.4) is 0 Å². The summed E-state index contributed by atoms with van der Waals surface area (Å²) in [6, 6.07) is -6.90. The Bertz CT molecular complexity index is 2130. The van der Waals surface area contributed by atoms with Crippen molar-refractivity contribution in [3.63, 3.8) is 0 Å². The molecular formula is C29H26O2S. The van der Waals surface area contributed by atoms with Gasteiger partial charge in [0.05, 0.1) is 29.0 Å². The number of thiophene rings is 1. The first-order valence-corrected chi connectivity index (χ1v) is 10.9. The number of rotatable bonds is 2. The molecular weight excluding hydrogens is 412 g/mol. The van der Waals surface area contributed by atoms with Gasteiger partial charge in [-0.25, -0.2) is 0 Å². The van der Waals surface area contributed by atoms with Crippen LogP contribution in [0.15, 0.2) is 78.6 Å². The minimum Gasteiger partial charge on any atom is -0.339 e. The topological polar surface area (TPSA) is 18.5 Å². The Kier molecular flexibility index (Phi) is 2.25. The van der Waals surface area contributed by atoms with E-state index in [9.17, 15) is 2.74 Å². The fraction of sp³-hybridized carbons (Fsp3) is 0.241. The van der Waals surface area contributed by atoms with Gasteiger partial charge >= 0.3 is 0 Å². The minimum absolute atomic E-state index is 0.00263. The van der Waals surface area contributed by atoms with E-state index in [4.69, 9.17) is 24.6 Å². The summed E-state index contributed by atoms with van der Waals surface area (Å²) in [5, 5.41) is 0.0983. The van der Waals surface area contributed by atoms with Gasteiger partial charge in [-0.3, -0.25) is 0 Å². The van der Waals surface area contributed by atoms with Crippen LogP contribution >= 0.6 is 11.3 Å². The van der Waals surface area contributed by atoms with E-state index >= 15 is 0 Å². The van der Waals surface area contributed by atoms with E-state index in [1.165, 1.54) is 0 Å². The molecule has 1 aliphatic heterocycles. The molecule has 32 heavy (non-hydrogen) atoms. The number of ether oxygens (including phenoxy) is 2. The molecule has 4 aromatic carbocycles. The molecule has 0 amide bonds. The summed E-state index contributed by atoms with van der Waals surface area (Å²) < 4.78 is 125. The lowest BCUT2D eigenvalue weighted by Crippen LogP contribution is -2.41. The summed E-state index contributed by atoms with van der Waals surface area (Å²) in [4.78, 5) is 0. The highest BCUT2D eigenvalue weighted by atomic mass is 32.1. The first kappa shape index (κ1) is 10.5. The Labute approximate surface area is 210 Å². The monoisotopic (exact) mass is 451 g/mol. The SMILES string of the molecule is [2H]c1c([2H])c([2H])c(-c2c([2H])c([2H])c3c(sc4c5c([2H])c([2H])c([2H])c([2H])c5c([2H])c(C5OC(C)(C)C(C)(C)O5)c43)c2[2H])c([2H])c1[2H]. The molecule has 0 atom stereocenters. The van der Waals surface area contributed by atoms with Crippen LogP contribution < -0.4 is 0 Å². The van der Waals surface area contributed by atoms with Crippen LogP contribution in [0.5, 0.6) is 0 Å². The van der Waals surface area contributed by atoms with Crippen molar-refractivity contribution in [1.82, 2.24) is 0 Å². The van der Waals surface area contributed by atoms with Crippen molar-refractivity contribution >= 4 is 42.3 Å². The average molecular weight is 452 g/mol. The lowest BCUT2D eigenvalue weighted by atomic mass is 9.90. The van der Waals surface area contributed by atoms with Crippen LogP contribution in [0.1, 0.15) is 57.4 Å². The Morgan fingerprint density at radius 1 is 0.750 bits per heavy atom. The molecule has 1 fully saturated rings. The van der Waals surface area contributed by atoms with Gasteiger partial charge < -0.3 is 9.47 Å². The average Bonchev–Trinajstić information content (AvgIpc) is 3.46. The molecule has 5 aromatic rings. The van der Waals surface area contributed by atoms with Crippen LogP contribution in [0.25, 0.3) is 42.1 Å². The third-order valence-corrected chi connectivity index (χ3v) is 7.26.